The van der Waals surface area contributed by atoms with E-state index in [1.807, 2.05) is 32.0 Å². The Hall–Kier alpha value is -1.51. The minimum absolute atomic E-state index is 0.0811. The van der Waals surface area contributed by atoms with Gasteiger partial charge in [0.2, 0.25) is 0 Å². The van der Waals surface area contributed by atoms with Gasteiger partial charge in [-0.15, -0.1) is 0 Å². The molecule has 0 N–H and O–H groups in total. The zero-order chi connectivity index (χ0) is 11.3. The van der Waals surface area contributed by atoms with Gasteiger partial charge in [0, 0.05) is 6.42 Å². The minimum atomic E-state index is 0.0811. The average Bonchev–Trinajstić information content (AvgIpc) is 2.26. The Morgan fingerprint density at radius 3 is 2.67 bits per heavy atom. The Balaban J connectivity index is 2.72. The molecular weight excluding hydrogens is 192 g/mol. The maximum Gasteiger partial charge on any atom is 0.169 e. The first kappa shape index (κ1) is 11.6. The number of aryl methyl sites for hydroxylation is 1. The maximum atomic E-state index is 11.1. The van der Waals surface area contributed by atoms with E-state index in [1.54, 1.807) is 7.11 Å². The molecule has 0 spiro atoms. The van der Waals surface area contributed by atoms with E-state index in [4.69, 9.17) is 9.47 Å². The Labute approximate surface area is 90.0 Å². The number of Topliss-reactive ketones (excluding diaryl/α,β-unsaturated/α-hetero) is 1. The van der Waals surface area contributed by atoms with Crippen molar-refractivity contribution in [3.63, 3.8) is 0 Å². The van der Waals surface area contributed by atoms with Crippen LogP contribution in [-0.4, -0.2) is 19.5 Å². The van der Waals surface area contributed by atoms with Crippen molar-refractivity contribution in [3.8, 4) is 11.5 Å². The van der Waals surface area contributed by atoms with E-state index in [2.05, 4.69) is 0 Å². The molecule has 82 valence electrons. The maximum absolute atomic E-state index is 11.1. The zero-order valence-corrected chi connectivity index (χ0v) is 9.37. The molecule has 0 bridgehead atoms. The molecule has 1 aromatic rings. The SMILES string of the molecule is CCC(=O)COc1ccc(C)cc1OC. The van der Waals surface area contributed by atoms with Gasteiger partial charge in [-0.2, -0.15) is 0 Å². The van der Waals surface area contributed by atoms with Gasteiger partial charge in [0.05, 0.1) is 7.11 Å². The van der Waals surface area contributed by atoms with Crippen molar-refractivity contribution in [1.82, 2.24) is 0 Å². The van der Waals surface area contributed by atoms with Gasteiger partial charge in [0.25, 0.3) is 0 Å². The third-order valence-electron chi connectivity index (χ3n) is 2.10. The van der Waals surface area contributed by atoms with E-state index in [1.165, 1.54) is 0 Å². The van der Waals surface area contributed by atoms with Crippen LogP contribution in [0.3, 0.4) is 0 Å². The summed E-state index contributed by atoms with van der Waals surface area (Å²) in [7, 11) is 1.59. The van der Waals surface area contributed by atoms with Crippen LogP contribution in [0.15, 0.2) is 18.2 Å². The number of benzene rings is 1. The number of ketones is 1. The molecule has 0 fully saturated rings. The summed E-state index contributed by atoms with van der Waals surface area (Å²) in [5.74, 6) is 1.36. The highest BCUT2D eigenvalue weighted by atomic mass is 16.5. The van der Waals surface area contributed by atoms with Crippen LogP contribution in [0, 0.1) is 6.92 Å². The Morgan fingerprint density at radius 2 is 2.07 bits per heavy atom. The summed E-state index contributed by atoms with van der Waals surface area (Å²) in [5.41, 5.74) is 1.10. The summed E-state index contributed by atoms with van der Waals surface area (Å²) in [5, 5.41) is 0. The number of ether oxygens (including phenoxy) is 2. The molecule has 3 heteroatoms. The largest absolute Gasteiger partial charge is 0.493 e. The van der Waals surface area contributed by atoms with Gasteiger partial charge in [0.1, 0.15) is 6.61 Å². The van der Waals surface area contributed by atoms with Crippen molar-refractivity contribution < 1.29 is 14.3 Å². The minimum Gasteiger partial charge on any atom is -0.493 e. The van der Waals surface area contributed by atoms with E-state index < -0.39 is 0 Å². The molecule has 0 aliphatic heterocycles. The molecule has 15 heavy (non-hydrogen) atoms. The number of rotatable bonds is 5. The van der Waals surface area contributed by atoms with Crippen molar-refractivity contribution in [2.45, 2.75) is 20.3 Å². The first-order valence-electron chi connectivity index (χ1n) is 4.96. The average molecular weight is 208 g/mol. The standard InChI is InChI=1S/C12H16O3/c1-4-10(13)8-15-11-6-5-9(2)7-12(11)14-3/h5-7H,4,8H2,1-3H3. The third-order valence-corrected chi connectivity index (χ3v) is 2.10. The van der Waals surface area contributed by atoms with Crippen LogP contribution in [0.25, 0.3) is 0 Å². The van der Waals surface area contributed by atoms with Gasteiger partial charge in [-0.3, -0.25) is 4.79 Å². The quantitative estimate of drug-likeness (QED) is 0.745. The summed E-state index contributed by atoms with van der Waals surface area (Å²) in [4.78, 5) is 11.1. The first-order chi connectivity index (χ1) is 7.17. The summed E-state index contributed by atoms with van der Waals surface area (Å²) >= 11 is 0. The Kier molecular flexibility index (Phi) is 4.16. The molecule has 0 radical (unpaired) electrons. The van der Waals surface area contributed by atoms with Crippen LogP contribution in [0.2, 0.25) is 0 Å². The van der Waals surface area contributed by atoms with Gasteiger partial charge in [-0.05, 0) is 24.6 Å². The smallest absolute Gasteiger partial charge is 0.169 e. The van der Waals surface area contributed by atoms with Crippen molar-refractivity contribution in [3.05, 3.63) is 23.8 Å². The van der Waals surface area contributed by atoms with Gasteiger partial charge in [-0.25, -0.2) is 0 Å². The number of hydrogen-bond acceptors (Lipinski definition) is 3. The monoisotopic (exact) mass is 208 g/mol. The molecule has 0 saturated carbocycles. The molecule has 0 saturated heterocycles. The van der Waals surface area contributed by atoms with Crippen molar-refractivity contribution >= 4 is 5.78 Å². The lowest BCUT2D eigenvalue weighted by molar-refractivity contribution is -0.120. The lowest BCUT2D eigenvalue weighted by Gasteiger charge is -2.10. The topological polar surface area (TPSA) is 35.5 Å². The molecule has 0 atom stereocenters. The second kappa shape index (κ2) is 5.39. The molecule has 0 heterocycles. The zero-order valence-electron chi connectivity index (χ0n) is 9.37. The van der Waals surface area contributed by atoms with Crippen LogP contribution in [0.1, 0.15) is 18.9 Å². The van der Waals surface area contributed by atoms with Gasteiger partial charge < -0.3 is 9.47 Å². The molecular formula is C12H16O3. The molecule has 0 aliphatic rings. The number of carbonyl (C=O) groups is 1. The molecule has 1 aromatic carbocycles. The van der Waals surface area contributed by atoms with E-state index in [-0.39, 0.29) is 12.4 Å². The fourth-order valence-electron chi connectivity index (χ4n) is 1.15. The van der Waals surface area contributed by atoms with Crippen molar-refractivity contribution in [2.75, 3.05) is 13.7 Å². The normalized spacial score (nSPS) is 9.80. The van der Waals surface area contributed by atoms with E-state index in [0.717, 1.165) is 5.56 Å². The number of hydrogen-bond donors (Lipinski definition) is 0. The highest BCUT2D eigenvalue weighted by Gasteiger charge is 2.06. The first-order valence-corrected chi connectivity index (χ1v) is 4.96. The fraction of sp³-hybridized carbons (Fsp3) is 0.417. The Morgan fingerprint density at radius 1 is 1.33 bits per heavy atom. The third kappa shape index (κ3) is 3.27. The van der Waals surface area contributed by atoms with Gasteiger partial charge in [-0.1, -0.05) is 13.0 Å². The molecule has 1 rings (SSSR count). The van der Waals surface area contributed by atoms with E-state index in [0.29, 0.717) is 17.9 Å². The molecule has 0 unspecified atom stereocenters. The second-order valence-electron chi connectivity index (χ2n) is 3.34. The lowest BCUT2D eigenvalue weighted by atomic mass is 10.2. The van der Waals surface area contributed by atoms with Gasteiger partial charge in [0.15, 0.2) is 17.3 Å². The summed E-state index contributed by atoms with van der Waals surface area (Å²) in [6.07, 6.45) is 0.494. The van der Waals surface area contributed by atoms with Crippen LogP contribution in [0.4, 0.5) is 0 Å². The fourth-order valence-corrected chi connectivity index (χ4v) is 1.15. The lowest BCUT2D eigenvalue weighted by Crippen LogP contribution is -2.10. The van der Waals surface area contributed by atoms with Crippen LogP contribution >= 0.6 is 0 Å². The van der Waals surface area contributed by atoms with Crippen LogP contribution in [0.5, 0.6) is 11.5 Å². The predicted molar refractivity (Wildman–Crippen MR) is 58.5 cm³/mol. The molecule has 3 nitrogen and oxygen atoms in total. The van der Waals surface area contributed by atoms with Gasteiger partial charge >= 0.3 is 0 Å². The number of carbonyl (C=O) groups excluding carboxylic acids is 1. The van der Waals surface area contributed by atoms with Crippen LogP contribution in [-0.2, 0) is 4.79 Å². The molecule has 0 amide bonds. The molecule has 0 aliphatic carbocycles. The highest BCUT2D eigenvalue weighted by molar-refractivity contribution is 5.79. The van der Waals surface area contributed by atoms with E-state index in [9.17, 15) is 4.79 Å². The van der Waals surface area contributed by atoms with Crippen LogP contribution < -0.4 is 9.47 Å². The summed E-state index contributed by atoms with van der Waals surface area (Å²) < 4.78 is 10.5. The highest BCUT2D eigenvalue weighted by Crippen LogP contribution is 2.27. The van der Waals surface area contributed by atoms with Crippen molar-refractivity contribution in [1.29, 1.82) is 0 Å². The predicted octanol–water partition coefficient (Wildman–Crippen LogP) is 2.36. The Bertz CT molecular complexity index is 345. The molecule has 0 aromatic heterocycles. The van der Waals surface area contributed by atoms with E-state index >= 15 is 0 Å². The number of methoxy groups -OCH3 is 1. The van der Waals surface area contributed by atoms with Crippen molar-refractivity contribution in [2.24, 2.45) is 0 Å². The second-order valence-corrected chi connectivity index (χ2v) is 3.34. The summed E-state index contributed by atoms with van der Waals surface area (Å²) in [6, 6.07) is 5.62. The summed E-state index contributed by atoms with van der Waals surface area (Å²) in [6.45, 7) is 3.90.